The van der Waals surface area contributed by atoms with Crippen LogP contribution in [0, 0.1) is 0 Å². The molecule has 0 saturated carbocycles. The number of ether oxygens (including phenoxy) is 1. The average molecular weight is 377 g/mol. The van der Waals surface area contributed by atoms with E-state index < -0.39 is 5.95 Å². The fourth-order valence-corrected chi connectivity index (χ4v) is 3.26. The molecule has 2 heterocycles. The average Bonchev–Trinajstić information content (AvgIpc) is 3.33. The van der Waals surface area contributed by atoms with Gasteiger partial charge in [0.2, 0.25) is 5.69 Å². The van der Waals surface area contributed by atoms with E-state index in [1.807, 2.05) is 47.9 Å². The van der Waals surface area contributed by atoms with Crippen LogP contribution in [0.25, 0.3) is 29.2 Å². The Kier molecular flexibility index (Phi) is 4.67. The lowest BCUT2D eigenvalue weighted by atomic mass is 10.2. The number of benzene rings is 2. The van der Waals surface area contributed by atoms with E-state index in [0.29, 0.717) is 17.1 Å². The summed E-state index contributed by atoms with van der Waals surface area (Å²) in [5.41, 5.74) is 2.58. The monoisotopic (exact) mass is 377 g/mol. The Morgan fingerprint density at radius 2 is 1.85 bits per heavy atom. The van der Waals surface area contributed by atoms with Crippen LogP contribution >= 0.6 is 11.3 Å². The number of hydrogen-bond acceptors (Lipinski definition) is 6. The van der Waals surface area contributed by atoms with E-state index in [9.17, 15) is 5.11 Å². The summed E-state index contributed by atoms with van der Waals surface area (Å²) in [6.45, 7) is 0. The highest BCUT2D eigenvalue weighted by molar-refractivity contribution is 7.10. The van der Waals surface area contributed by atoms with Gasteiger partial charge >= 0.3 is 0 Å². The molecule has 27 heavy (non-hydrogen) atoms. The zero-order valence-corrected chi connectivity index (χ0v) is 15.2. The van der Waals surface area contributed by atoms with Crippen LogP contribution < -0.4 is 14.5 Å². The van der Waals surface area contributed by atoms with Gasteiger partial charge in [-0.15, -0.1) is 11.3 Å². The molecule has 2 aromatic carbocycles. The van der Waals surface area contributed by atoms with Crippen molar-refractivity contribution >= 4 is 23.5 Å². The van der Waals surface area contributed by atoms with Gasteiger partial charge in [0.25, 0.3) is 5.69 Å². The lowest BCUT2D eigenvalue weighted by Gasteiger charge is -1.98. The Morgan fingerprint density at radius 3 is 2.59 bits per heavy atom. The molecule has 0 atom stereocenters. The Morgan fingerprint density at radius 1 is 1.07 bits per heavy atom. The predicted molar refractivity (Wildman–Crippen MR) is 101 cm³/mol. The van der Waals surface area contributed by atoms with Gasteiger partial charge in [-0.1, -0.05) is 36.4 Å². The summed E-state index contributed by atoms with van der Waals surface area (Å²) in [6, 6.07) is 17.1. The summed E-state index contributed by atoms with van der Waals surface area (Å²) in [5, 5.41) is 18.7. The van der Waals surface area contributed by atoms with Gasteiger partial charge in [-0.2, -0.15) is 0 Å². The molecule has 4 aromatic rings. The summed E-state index contributed by atoms with van der Waals surface area (Å²) in [7, 11) is 1.60. The second kappa shape index (κ2) is 7.43. The molecule has 0 aliphatic carbocycles. The highest BCUT2D eigenvalue weighted by atomic mass is 32.1. The van der Waals surface area contributed by atoms with E-state index in [1.54, 1.807) is 31.4 Å². The molecule has 0 N–H and O–H groups in total. The van der Waals surface area contributed by atoms with Crippen molar-refractivity contribution in [2.75, 3.05) is 7.11 Å². The molecule has 134 valence electrons. The highest BCUT2D eigenvalue weighted by Crippen LogP contribution is 2.27. The molecule has 0 amide bonds. The van der Waals surface area contributed by atoms with Crippen LogP contribution in [-0.2, 0) is 0 Å². The summed E-state index contributed by atoms with van der Waals surface area (Å²) in [4.78, 5) is 4.53. The molecule has 0 aliphatic rings. The van der Waals surface area contributed by atoms with Crippen molar-refractivity contribution in [3.8, 4) is 28.8 Å². The normalized spacial score (nSPS) is 11.1. The number of aromatic nitrogens is 3. The molecule has 2 aromatic heterocycles. The minimum atomic E-state index is -0.533. The van der Waals surface area contributed by atoms with Crippen molar-refractivity contribution in [1.29, 1.82) is 0 Å². The van der Waals surface area contributed by atoms with E-state index in [-0.39, 0.29) is 5.69 Å². The number of methoxy groups -OCH3 is 1. The molecule has 0 saturated heterocycles. The molecular weight excluding hydrogens is 362 g/mol. The van der Waals surface area contributed by atoms with Gasteiger partial charge in [0.1, 0.15) is 10.8 Å². The van der Waals surface area contributed by atoms with E-state index in [2.05, 4.69) is 10.3 Å². The van der Waals surface area contributed by atoms with Crippen molar-refractivity contribution in [2.24, 2.45) is 0 Å². The topological polar surface area (TPSA) is 75.1 Å². The molecular formula is C20H15N3O3S. The molecule has 0 radical (unpaired) electrons. The number of nitrogens with zero attached hydrogens (tertiary/aromatic N) is 3. The first-order chi connectivity index (χ1) is 13.2. The summed E-state index contributed by atoms with van der Waals surface area (Å²) in [6.07, 6.45) is 3.89. The van der Waals surface area contributed by atoms with Crippen LogP contribution in [-0.4, -0.2) is 17.4 Å². The Labute approximate surface area is 159 Å². The standard InChI is InChI=1S/C20H15N3O3S/c1-25-16-10-8-15(9-11-16)23-19(20(24)26-22-23)17-13-27-18(21-17)12-7-14-5-3-2-4-6-14/h2-13H,1H3/b12-7+. The molecule has 0 spiro atoms. The van der Waals surface area contributed by atoms with Crippen LogP contribution in [0.5, 0.6) is 11.7 Å². The third-order valence-corrected chi connectivity index (χ3v) is 4.72. The zero-order chi connectivity index (χ0) is 18.6. The van der Waals surface area contributed by atoms with Crippen molar-refractivity contribution in [1.82, 2.24) is 10.3 Å². The minimum absolute atomic E-state index is 0.288. The summed E-state index contributed by atoms with van der Waals surface area (Å²) in [5.74, 6) is 0.184. The molecule has 7 heteroatoms. The first-order valence-electron chi connectivity index (χ1n) is 8.17. The van der Waals surface area contributed by atoms with Crippen LogP contribution in [0.15, 0.2) is 64.5 Å². The summed E-state index contributed by atoms with van der Waals surface area (Å²) >= 11 is 1.45. The van der Waals surface area contributed by atoms with Crippen molar-refractivity contribution in [2.45, 2.75) is 0 Å². The quantitative estimate of drug-likeness (QED) is 0.499. The van der Waals surface area contributed by atoms with Gasteiger partial charge in [0, 0.05) is 17.5 Å². The third kappa shape index (κ3) is 3.58. The molecule has 0 fully saturated rings. The van der Waals surface area contributed by atoms with Crippen molar-refractivity contribution < 1.29 is 19.0 Å². The highest BCUT2D eigenvalue weighted by Gasteiger charge is 2.24. The lowest BCUT2D eigenvalue weighted by Crippen LogP contribution is -2.34. The van der Waals surface area contributed by atoms with Gasteiger partial charge in [-0.05, 0) is 28.5 Å². The van der Waals surface area contributed by atoms with E-state index in [1.165, 1.54) is 16.0 Å². The lowest BCUT2D eigenvalue weighted by molar-refractivity contribution is -0.660. The fourth-order valence-electron chi connectivity index (χ4n) is 2.57. The Balaban J connectivity index is 1.65. The molecule has 0 bridgehead atoms. The Bertz CT molecular complexity index is 1070. The van der Waals surface area contributed by atoms with Gasteiger partial charge in [0.15, 0.2) is 11.6 Å². The number of hydrogen-bond donors (Lipinski definition) is 0. The molecule has 4 rings (SSSR count). The van der Waals surface area contributed by atoms with Crippen LogP contribution in [0.3, 0.4) is 0 Å². The molecule has 0 aliphatic heterocycles. The third-order valence-electron chi connectivity index (χ3n) is 3.91. The zero-order valence-electron chi connectivity index (χ0n) is 14.4. The molecule has 6 nitrogen and oxygen atoms in total. The van der Waals surface area contributed by atoms with Crippen LogP contribution in [0.2, 0.25) is 0 Å². The fraction of sp³-hybridized carbons (Fsp3) is 0.0500. The van der Waals surface area contributed by atoms with E-state index in [0.717, 1.165) is 10.6 Å². The largest absolute Gasteiger partial charge is 0.539 e. The van der Waals surface area contributed by atoms with E-state index in [4.69, 9.17) is 9.26 Å². The van der Waals surface area contributed by atoms with Gasteiger partial charge < -0.3 is 14.4 Å². The van der Waals surface area contributed by atoms with Gasteiger partial charge in [-0.25, -0.2) is 4.98 Å². The predicted octanol–water partition coefficient (Wildman–Crippen LogP) is 3.33. The first-order valence-corrected chi connectivity index (χ1v) is 9.05. The van der Waals surface area contributed by atoms with Gasteiger partial charge in [-0.3, -0.25) is 0 Å². The minimum Gasteiger partial charge on any atom is -0.539 e. The van der Waals surface area contributed by atoms with Crippen molar-refractivity contribution in [3.63, 3.8) is 0 Å². The second-order valence-corrected chi connectivity index (χ2v) is 6.52. The second-order valence-electron chi connectivity index (χ2n) is 5.63. The maximum Gasteiger partial charge on any atom is 0.289 e. The number of thiazole rings is 1. The van der Waals surface area contributed by atoms with Gasteiger partial charge in [0.05, 0.1) is 12.4 Å². The first kappa shape index (κ1) is 17.0. The van der Waals surface area contributed by atoms with Crippen LogP contribution in [0.4, 0.5) is 0 Å². The summed E-state index contributed by atoms with van der Waals surface area (Å²) < 4.78 is 11.5. The van der Waals surface area contributed by atoms with Crippen molar-refractivity contribution in [3.05, 3.63) is 70.5 Å². The SMILES string of the molecule is COc1ccc(-[n+]2noc([O-])c2-c2csc(/C=C/c3ccccc3)n2)cc1. The van der Waals surface area contributed by atoms with Crippen LogP contribution in [0.1, 0.15) is 10.6 Å². The maximum absolute atomic E-state index is 12.2. The smallest absolute Gasteiger partial charge is 0.289 e. The van der Waals surface area contributed by atoms with E-state index >= 15 is 0 Å². The Hall–Kier alpha value is -3.45. The maximum atomic E-state index is 12.2. The molecule has 0 unspecified atom stereocenters. The number of rotatable bonds is 5.